The van der Waals surface area contributed by atoms with Gasteiger partial charge in [0.2, 0.25) is 10.0 Å². The Balaban J connectivity index is 1.52. The molecular formula is C20H21N3O4S. The van der Waals surface area contributed by atoms with Gasteiger partial charge in [-0.05, 0) is 56.0 Å². The molecule has 146 valence electrons. The molecule has 4 rings (SSSR count). The predicted molar refractivity (Wildman–Crippen MR) is 102 cm³/mol. The third-order valence-corrected chi connectivity index (χ3v) is 7.47. The first-order valence-corrected chi connectivity index (χ1v) is 10.6. The Morgan fingerprint density at radius 2 is 1.75 bits per heavy atom. The van der Waals surface area contributed by atoms with Crippen LogP contribution in [0.3, 0.4) is 0 Å². The second kappa shape index (κ2) is 6.79. The van der Waals surface area contributed by atoms with Gasteiger partial charge >= 0.3 is 0 Å². The summed E-state index contributed by atoms with van der Waals surface area (Å²) in [6, 6.07) is 8.29. The average molecular weight is 399 g/mol. The summed E-state index contributed by atoms with van der Waals surface area (Å²) in [5.74, 6) is -0.736. The molecule has 2 aromatic rings. The molecule has 1 aromatic heterocycles. The number of hydrogen-bond acceptors (Lipinski definition) is 5. The number of sulfonamides is 1. The molecule has 0 bridgehead atoms. The van der Waals surface area contributed by atoms with E-state index in [4.69, 9.17) is 0 Å². The Morgan fingerprint density at radius 3 is 2.43 bits per heavy atom. The van der Waals surface area contributed by atoms with E-state index in [1.807, 2.05) is 13.0 Å². The van der Waals surface area contributed by atoms with Crippen LogP contribution in [0.15, 0.2) is 41.4 Å². The van der Waals surface area contributed by atoms with Crippen LogP contribution in [0.25, 0.3) is 0 Å². The highest BCUT2D eigenvalue weighted by Crippen LogP contribution is 2.30. The van der Waals surface area contributed by atoms with Gasteiger partial charge in [-0.25, -0.2) is 8.42 Å². The lowest BCUT2D eigenvalue weighted by atomic mass is 10.1. The predicted octanol–water partition coefficient (Wildman–Crippen LogP) is 2.15. The van der Waals surface area contributed by atoms with Crippen LogP contribution >= 0.6 is 0 Å². The Labute approximate surface area is 164 Å². The van der Waals surface area contributed by atoms with E-state index in [-0.39, 0.29) is 30.7 Å². The van der Waals surface area contributed by atoms with Crippen molar-refractivity contribution in [1.82, 2.24) is 14.2 Å². The van der Waals surface area contributed by atoms with Gasteiger partial charge in [-0.15, -0.1) is 0 Å². The molecule has 8 heteroatoms. The third kappa shape index (κ3) is 2.93. The number of fused-ring (bicyclic) bond motifs is 1. The van der Waals surface area contributed by atoms with Gasteiger partial charge in [-0.3, -0.25) is 19.5 Å². The molecule has 7 nitrogen and oxygen atoms in total. The second-order valence-corrected chi connectivity index (χ2v) is 9.19. The first kappa shape index (κ1) is 18.8. The van der Waals surface area contributed by atoms with E-state index >= 15 is 0 Å². The van der Waals surface area contributed by atoms with E-state index in [9.17, 15) is 18.0 Å². The van der Waals surface area contributed by atoms with Gasteiger partial charge in [0.25, 0.3) is 11.8 Å². The van der Waals surface area contributed by atoms with Gasteiger partial charge in [0, 0.05) is 25.3 Å². The van der Waals surface area contributed by atoms with Crippen molar-refractivity contribution >= 4 is 21.8 Å². The van der Waals surface area contributed by atoms with E-state index in [1.54, 1.807) is 31.2 Å². The molecule has 0 atom stereocenters. The number of benzene rings is 1. The van der Waals surface area contributed by atoms with Crippen molar-refractivity contribution in [3.8, 4) is 0 Å². The topological polar surface area (TPSA) is 87.7 Å². The molecule has 1 aromatic carbocycles. The van der Waals surface area contributed by atoms with Crippen LogP contribution < -0.4 is 0 Å². The number of carbonyl (C=O) groups excluding carboxylic acids is 2. The molecule has 0 radical (unpaired) electrons. The molecule has 3 heterocycles. The maximum atomic E-state index is 13.1. The summed E-state index contributed by atoms with van der Waals surface area (Å²) in [4.78, 5) is 30.8. The van der Waals surface area contributed by atoms with Crippen molar-refractivity contribution in [3.05, 3.63) is 58.9 Å². The fourth-order valence-electron chi connectivity index (χ4n) is 3.88. The van der Waals surface area contributed by atoms with Gasteiger partial charge in [0.15, 0.2) is 0 Å². The highest BCUT2D eigenvalue weighted by atomic mass is 32.2. The number of imide groups is 1. The number of hydrogen-bond donors (Lipinski definition) is 0. The number of nitrogens with zero attached hydrogens (tertiary/aromatic N) is 3. The zero-order chi connectivity index (χ0) is 20.1. The molecule has 28 heavy (non-hydrogen) atoms. The first-order chi connectivity index (χ1) is 13.3. The number of pyridine rings is 1. The Kier molecular flexibility index (Phi) is 4.55. The molecule has 0 aliphatic carbocycles. The number of rotatable bonds is 3. The van der Waals surface area contributed by atoms with Gasteiger partial charge in [-0.1, -0.05) is 12.1 Å². The van der Waals surface area contributed by atoms with Gasteiger partial charge in [-0.2, -0.15) is 4.31 Å². The number of aryl methyl sites for hydroxylation is 2. The highest BCUT2D eigenvalue weighted by molar-refractivity contribution is 7.89. The Morgan fingerprint density at radius 1 is 1.04 bits per heavy atom. The number of amides is 2. The van der Waals surface area contributed by atoms with E-state index in [0.717, 1.165) is 5.56 Å². The summed E-state index contributed by atoms with van der Waals surface area (Å²) < 4.78 is 27.6. The monoisotopic (exact) mass is 399 g/mol. The molecule has 2 aliphatic heterocycles. The second-order valence-electron chi connectivity index (χ2n) is 7.28. The molecule has 2 amide bonds. The van der Waals surface area contributed by atoms with E-state index in [2.05, 4.69) is 4.98 Å². The highest BCUT2D eigenvalue weighted by Gasteiger charge is 2.43. The van der Waals surface area contributed by atoms with E-state index in [1.165, 1.54) is 15.4 Å². The van der Waals surface area contributed by atoms with Crippen LogP contribution in [0.1, 0.15) is 44.8 Å². The minimum atomic E-state index is -3.61. The smallest absolute Gasteiger partial charge is 0.270 e. The lowest BCUT2D eigenvalue weighted by Gasteiger charge is -2.35. The van der Waals surface area contributed by atoms with Crippen LogP contribution in [-0.2, 0) is 10.0 Å². The maximum absolute atomic E-state index is 13.1. The summed E-state index contributed by atoms with van der Waals surface area (Å²) in [5.41, 5.74) is 2.09. The molecule has 0 saturated carbocycles. The van der Waals surface area contributed by atoms with Crippen molar-refractivity contribution in [2.75, 3.05) is 13.1 Å². The lowest BCUT2D eigenvalue weighted by molar-refractivity contribution is 0.0534. The third-order valence-electron chi connectivity index (χ3n) is 5.43. The van der Waals surface area contributed by atoms with Crippen LogP contribution in [0.2, 0.25) is 0 Å². The van der Waals surface area contributed by atoms with Crippen LogP contribution in [0, 0.1) is 13.8 Å². The molecule has 2 aliphatic rings. The molecule has 0 N–H and O–H groups in total. The quantitative estimate of drug-likeness (QED) is 0.738. The zero-order valence-electron chi connectivity index (χ0n) is 15.8. The molecular weight excluding hydrogens is 378 g/mol. The van der Waals surface area contributed by atoms with Crippen molar-refractivity contribution in [1.29, 1.82) is 0 Å². The van der Waals surface area contributed by atoms with Crippen molar-refractivity contribution in [3.63, 3.8) is 0 Å². The van der Waals surface area contributed by atoms with Gasteiger partial charge < -0.3 is 0 Å². The van der Waals surface area contributed by atoms with E-state index < -0.39 is 15.9 Å². The Bertz CT molecular complexity index is 1040. The summed E-state index contributed by atoms with van der Waals surface area (Å²) in [5, 5.41) is 0. The fraction of sp³-hybridized carbons (Fsp3) is 0.350. The summed E-state index contributed by atoms with van der Waals surface area (Å²) in [6.07, 6.45) is 2.32. The van der Waals surface area contributed by atoms with Gasteiger partial charge in [0.1, 0.15) is 5.69 Å². The van der Waals surface area contributed by atoms with Crippen molar-refractivity contribution in [2.45, 2.75) is 37.6 Å². The van der Waals surface area contributed by atoms with Crippen LogP contribution in [0.4, 0.5) is 0 Å². The summed E-state index contributed by atoms with van der Waals surface area (Å²) in [6.45, 7) is 4.17. The largest absolute Gasteiger partial charge is 0.280 e. The standard InChI is InChI=1S/C20H21N3O4S/c1-13-5-6-14(2)17(12-13)28(26,27)22-10-7-15(8-11-22)23-19(24)16-4-3-9-21-18(16)20(23)25/h3-6,9,12,15H,7-8,10-11H2,1-2H3. The molecule has 0 unspecified atom stereocenters. The van der Waals surface area contributed by atoms with Gasteiger partial charge in [0.05, 0.1) is 10.5 Å². The fourth-order valence-corrected chi connectivity index (χ4v) is 5.66. The lowest BCUT2D eigenvalue weighted by Crippen LogP contribution is -2.48. The SMILES string of the molecule is Cc1ccc(C)c(S(=O)(=O)N2CCC(N3C(=O)c4cccnc4C3=O)CC2)c1. The van der Waals surface area contributed by atoms with Crippen molar-refractivity contribution in [2.24, 2.45) is 0 Å². The molecule has 1 saturated heterocycles. The summed E-state index contributed by atoms with van der Waals surface area (Å²) >= 11 is 0. The number of carbonyl (C=O) groups is 2. The minimum Gasteiger partial charge on any atom is -0.270 e. The van der Waals surface area contributed by atoms with Crippen LogP contribution in [0.5, 0.6) is 0 Å². The van der Waals surface area contributed by atoms with Crippen molar-refractivity contribution < 1.29 is 18.0 Å². The van der Waals surface area contributed by atoms with E-state index in [0.29, 0.717) is 28.9 Å². The zero-order valence-corrected chi connectivity index (χ0v) is 16.6. The molecule has 1 fully saturated rings. The normalized spacial score (nSPS) is 18.6. The Hall–Kier alpha value is -2.58. The van der Waals surface area contributed by atoms with Crippen LogP contribution in [-0.4, -0.2) is 53.6 Å². The maximum Gasteiger partial charge on any atom is 0.280 e. The number of aromatic nitrogens is 1. The average Bonchev–Trinajstić information content (AvgIpc) is 2.95. The minimum absolute atomic E-state index is 0.179. The molecule has 0 spiro atoms. The number of piperidine rings is 1. The summed E-state index contributed by atoms with van der Waals surface area (Å²) in [7, 11) is -3.61. The first-order valence-electron chi connectivity index (χ1n) is 9.21.